The number of hydrogen-bond acceptors (Lipinski definition) is 4. The Morgan fingerprint density at radius 2 is 2.20 bits per heavy atom. The number of benzene rings is 1. The molecule has 0 radical (unpaired) electrons. The van der Waals surface area contributed by atoms with Crippen molar-refractivity contribution in [1.29, 1.82) is 0 Å². The molecule has 0 aromatic heterocycles. The zero-order valence-corrected chi connectivity index (χ0v) is 8.34. The number of carboxylic acid groups (broad SMARTS) is 1. The third-order valence-corrected chi connectivity index (χ3v) is 1.40. The van der Waals surface area contributed by atoms with Gasteiger partial charge in [-0.1, -0.05) is 12.1 Å². The molecule has 0 atom stereocenters. The molecule has 0 spiro atoms. The molecule has 82 valence electrons. The summed E-state index contributed by atoms with van der Waals surface area (Å²) in [6.45, 7) is -0.278. The number of ether oxygens (including phenoxy) is 1. The van der Waals surface area contributed by atoms with Crippen LogP contribution in [0.4, 0.5) is 0 Å². The van der Waals surface area contributed by atoms with Crippen LogP contribution in [-0.2, 0) is 4.79 Å². The molecule has 0 unspecified atom stereocenters. The quantitative estimate of drug-likeness (QED) is 0.712. The van der Waals surface area contributed by atoms with Crippen LogP contribution < -0.4 is 10.5 Å². The van der Waals surface area contributed by atoms with Gasteiger partial charge in [0.2, 0.25) is 0 Å². The van der Waals surface area contributed by atoms with Crippen molar-refractivity contribution in [3.8, 4) is 5.75 Å². The molecule has 0 aliphatic heterocycles. The monoisotopic (exact) mass is 211 g/mol. The molecule has 15 heavy (non-hydrogen) atoms. The molecule has 0 heterocycles. The van der Waals surface area contributed by atoms with Gasteiger partial charge in [0.25, 0.3) is 0 Å². The number of nitrogens with two attached hydrogens (primary N) is 1. The van der Waals surface area contributed by atoms with Crippen molar-refractivity contribution in [2.24, 2.45) is 5.73 Å². The van der Waals surface area contributed by atoms with Crippen molar-refractivity contribution in [2.45, 2.75) is 0 Å². The number of carbonyl (C=O) groups excluding carboxylic acids is 1. The molecule has 0 amide bonds. The summed E-state index contributed by atoms with van der Waals surface area (Å²) in [5.74, 6) is -0.255. The van der Waals surface area contributed by atoms with E-state index in [1.54, 1.807) is 31.4 Å². The summed E-state index contributed by atoms with van der Waals surface area (Å²) in [7, 11) is 1.57. The third kappa shape index (κ3) is 6.23. The van der Waals surface area contributed by atoms with E-state index in [4.69, 9.17) is 9.84 Å². The molecule has 0 fully saturated rings. The Morgan fingerprint density at radius 1 is 1.60 bits per heavy atom. The molecule has 0 bridgehead atoms. The topological polar surface area (TPSA) is 89.6 Å². The molecule has 5 nitrogen and oxygen atoms in total. The largest absolute Gasteiger partial charge is 0.497 e. The Bertz CT molecular complexity index is 325. The van der Waals surface area contributed by atoms with Gasteiger partial charge in [-0.2, -0.15) is 0 Å². The van der Waals surface area contributed by atoms with Crippen LogP contribution in [0.15, 0.2) is 24.3 Å². The predicted molar refractivity (Wildman–Crippen MR) is 55.1 cm³/mol. The van der Waals surface area contributed by atoms with Crippen LogP contribution in [0.5, 0.6) is 5.75 Å². The van der Waals surface area contributed by atoms with Crippen LogP contribution in [0.3, 0.4) is 0 Å². The van der Waals surface area contributed by atoms with Gasteiger partial charge in [-0.3, -0.25) is 9.59 Å². The van der Waals surface area contributed by atoms with Gasteiger partial charge in [-0.15, -0.1) is 0 Å². The normalized spacial score (nSPS) is 8.40. The smallest absolute Gasteiger partial charge is 0.317 e. The first kappa shape index (κ1) is 13.1. The predicted octanol–water partition coefficient (Wildman–Crippen LogP) is 0.537. The summed E-state index contributed by atoms with van der Waals surface area (Å²) in [6.07, 6.45) is 0.794. The van der Waals surface area contributed by atoms with E-state index in [0.717, 1.165) is 6.29 Å². The van der Waals surface area contributed by atoms with Gasteiger partial charge in [0.1, 0.15) is 12.0 Å². The van der Waals surface area contributed by atoms with Crippen LogP contribution >= 0.6 is 0 Å². The molecule has 0 saturated carbocycles. The second-order valence-electron chi connectivity index (χ2n) is 2.49. The molecule has 3 N–H and O–H groups in total. The van der Waals surface area contributed by atoms with E-state index < -0.39 is 5.97 Å². The van der Waals surface area contributed by atoms with Crippen LogP contribution in [0.1, 0.15) is 10.4 Å². The average Bonchev–Trinajstić information content (AvgIpc) is 2.29. The molecular weight excluding hydrogens is 198 g/mol. The number of aldehydes is 1. The molecular formula is C10H13NO4. The second kappa shape index (κ2) is 7.52. The number of hydrogen-bond donors (Lipinski definition) is 2. The lowest BCUT2D eigenvalue weighted by Gasteiger charge is -1.97. The van der Waals surface area contributed by atoms with Crippen molar-refractivity contribution in [1.82, 2.24) is 0 Å². The zero-order valence-electron chi connectivity index (χ0n) is 8.34. The highest BCUT2D eigenvalue weighted by atomic mass is 16.5. The maximum atomic E-state index is 10.2. The Labute approximate surface area is 87.5 Å². The molecule has 0 aliphatic carbocycles. The van der Waals surface area contributed by atoms with E-state index in [2.05, 4.69) is 5.73 Å². The highest BCUT2D eigenvalue weighted by Gasteiger charge is 1.90. The lowest BCUT2D eigenvalue weighted by molar-refractivity contribution is -0.135. The van der Waals surface area contributed by atoms with Gasteiger partial charge >= 0.3 is 5.97 Å². The molecule has 0 saturated heterocycles. The Hall–Kier alpha value is -1.88. The Balaban J connectivity index is 0.000000336. The fourth-order valence-electron chi connectivity index (χ4n) is 0.715. The maximum absolute atomic E-state index is 10.2. The summed E-state index contributed by atoms with van der Waals surface area (Å²) < 4.78 is 4.90. The van der Waals surface area contributed by atoms with Gasteiger partial charge in [-0.25, -0.2) is 0 Å². The number of methoxy groups -OCH3 is 1. The van der Waals surface area contributed by atoms with Crippen molar-refractivity contribution < 1.29 is 19.4 Å². The van der Waals surface area contributed by atoms with Crippen LogP contribution in [0, 0.1) is 0 Å². The van der Waals surface area contributed by atoms with E-state index in [-0.39, 0.29) is 6.54 Å². The van der Waals surface area contributed by atoms with Gasteiger partial charge in [0.15, 0.2) is 0 Å². The van der Waals surface area contributed by atoms with Gasteiger partial charge < -0.3 is 15.6 Å². The van der Waals surface area contributed by atoms with Crippen molar-refractivity contribution in [3.63, 3.8) is 0 Å². The lowest BCUT2D eigenvalue weighted by atomic mass is 10.2. The van der Waals surface area contributed by atoms with E-state index in [9.17, 15) is 9.59 Å². The number of carboxylic acids is 1. The minimum absolute atomic E-state index is 0.278. The van der Waals surface area contributed by atoms with Gasteiger partial charge in [0, 0.05) is 5.56 Å². The van der Waals surface area contributed by atoms with Crippen molar-refractivity contribution in [3.05, 3.63) is 29.8 Å². The molecule has 5 heteroatoms. The average molecular weight is 211 g/mol. The summed E-state index contributed by atoms with van der Waals surface area (Å²) in [6, 6.07) is 7.00. The van der Waals surface area contributed by atoms with E-state index in [1.165, 1.54) is 0 Å². The molecule has 0 aliphatic rings. The van der Waals surface area contributed by atoms with Crippen LogP contribution in [0.2, 0.25) is 0 Å². The first-order valence-corrected chi connectivity index (χ1v) is 4.15. The fourth-order valence-corrected chi connectivity index (χ4v) is 0.715. The summed E-state index contributed by atoms with van der Waals surface area (Å²) >= 11 is 0. The zero-order chi connectivity index (χ0) is 11.7. The van der Waals surface area contributed by atoms with E-state index in [0.29, 0.717) is 11.3 Å². The Morgan fingerprint density at radius 3 is 2.60 bits per heavy atom. The molecule has 1 aromatic rings. The SMILES string of the molecule is COc1cccc(C=O)c1.NCC(=O)O. The number of rotatable bonds is 3. The van der Waals surface area contributed by atoms with Gasteiger partial charge in [-0.05, 0) is 12.1 Å². The fraction of sp³-hybridized carbons (Fsp3) is 0.200. The summed E-state index contributed by atoms with van der Waals surface area (Å²) in [5.41, 5.74) is 5.21. The number of aliphatic carboxylic acids is 1. The van der Waals surface area contributed by atoms with E-state index in [1.807, 2.05) is 0 Å². The first-order chi connectivity index (χ1) is 7.13. The van der Waals surface area contributed by atoms with Crippen LogP contribution in [0.25, 0.3) is 0 Å². The lowest BCUT2D eigenvalue weighted by Crippen LogP contribution is -2.10. The van der Waals surface area contributed by atoms with Gasteiger partial charge in [0.05, 0.1) is 13.7 Å². The van der Waals surface area contributed by atoms with Crippen molar-refractivity contribution in [2.75, 3.05) is 13.7 Å². The third-order valence-electron chi connectivity index (χ3n) is 1.40. The molecule has 1 aromatic carbocycles. The highest BCUT2D eigenvalue weighted by Crippen LogP contribution is 2.10. The summed E-state index contributed by atoms with van der Waals surface area (Å²) in [5, 5.41) is 7.60. The van der Waals surface area contributed by atoms with Crippen LogP contribution in [-0.4, -0.2) is 31.0 Å². The highest BCUT2D eigenvalue weighted by molar-refractivity contribution is 5.75. The van der Waals surface area contributed by atoms with Crippen molar-refractivity contribution >= 4 is 12.3 Å². The minimum atomic E-state index is -0.968. The number of carbonyl (C=O) groups is 2. The first-order valence-electron chi connectivity index (χ1n) is 4.15. The standard InChI is InChI=1S/C8H8O2.C2H5NO2/c1-10-8-4-2-3-7(5-8)6-9;3-1-2(4)5/h2-6H,1H3;1,3H2,(H,4,5). The second-order valence-corrected chi connectivity index (χ2v) is 2.49. The summed E-state index contributed by atoms with van der Waals surface area (Å²) in [4.78, 5) is 19.5. The minimum Gasteiger partial charge on any atom is -0.497 e. The maximum Gasteiger partial charge on any atom is 0.317 e. The molecule has 1 rings (SSSR count). The Kier molecular flexibility index (Phi) is 6.57. The van der Waals surface area contributed by atoms with E-state index >= 15 is 0 Å².